The van der Waals surface area contributed by atoms with E-state index in [1.807, 2.05) is 54.6 Å². The molecule has 6 heteroatoms. The summed E-state index contributed by atoms with van der Waals surface area (Å²) < 4.78 is 1.73. The number of benzene rings is 2. The maximum absolute atomic E-state index is 12.6. The van der Waals surface area contributed by atoms with E-state index >= 15 is 0 Å². The summed E-state index contributed by atoms with van der Waals surface area (Å²) in [5.41, 5.74) is 3.02. The third-order valence-corrected chi connectivity index (χ3v) is 4.64. The monoisotopic (exact) mass is 383 g/mol. The average molecular weight is 383 g/mol. The van der Waals surface area contributed by atoms with Crippen LogP contribution in [0.1, 0.15) is 11.1 Å². The normalized spacial score (nSPS) is 12.3. The van der Waals surface area contributed by atoms with Gasteiger partial charge in [-0.2, -0.15) is 5.10 Å². The summed E-state index contributed by atoms with van der Waals surface area (Å²) in [6.45, 7) is 0.548. The van der Waals surface area contributed by atoms with Gasteiger partial charge in [0.1, 0.15) is 12.7 Å². The van der Waals surface area contributed by atoms with Gasteiger partial charge in [-0.3, -0.25) is 14.5 Å². The van der Waals surface area contributed by atoms with Crippen molar-refractivity contribution < 1.29 is 4.79 Å². The van der Waals surface area contributed by atoms with Crippen molar-refractivity contribution in [1.29, 1.82) is 0 Å². The van der Waals surface area contributed by atoms with Crippen LogP contribution in [0.25, 0.3) is 17.0 Å². The zero-order valence-corrected chi connectivity index (χ0v) is 15.8. The maximum Gasteiger partial charge on any atom is 0.244 e. The van der Waals surface area contributed by atoms with Crippen molar-refractivity contribution in [3.05, 3.63) is 96.7 Å². The summed E-state index contributed by atoms with van der Waals surface area (Å²) >= 11 is 0. The highest BCUT2D eigenvalue weighted by molar-refractivity contribution is 5.95. The van der Waals surface area contributed by atoms with Gasteiger partial charge in [-0.15, -0.1) is 0 Å². The predicted molar refractivity (Wildman–Crippen MR) is 113 cm³/mol. The van der Waals surface area contributed by atoms with Gasteiger partial charge >= 0.3 is 0 Å². The van der Waals surface area contributed by atoms with Gasteiger partial charge in [-0.05, 0) is 35.8 Å². The minimum absolute atomic E-state index is 0.106. The molecule has 2 heterocycles. The highest BCUT2D eigenvalue weighted by Gasteiger charge is 2.13. The Labute approximate surface area is 168 Å². The Morgan fingerprint density at radius 1 is 1.07 bits per heavy atom. The number of aromatic nitrogens is 4. The van der Waals surface area contributed by atoms with E-state index in [0.717, 1.165) is 22.0 Å². The van der Waals surface area contributed by atoms with Gasteiger partial charge in [0.15, 0.2) is 0 Å². The molecular formula is C23H21N5O. The van der Waals surface area contributed by atoms with E-state index in [-0.39, 0.29) is 11.9 Å². The van der Waals surface area contributed by atoms with E-state index in [2.05, 4.69) is 32.5 Å². The van der Waals surface area contributed by atoms with E-state index in [4.69, 9.17) is 0 Å². The van der Waals surface area contributed by atoms with Gasteiger partial charge in [0.2, 0.25) is 5.91 Å². The number of hydrogen-bond donors (Lipinski definition) is 1. The number of pyridine rings is 1. The molecular weight excluding hydrogens is 362 g/mol. The molecule has 2 aromatic heterocycles. The molecule has 2 aromatic carbocycles. The summed E-state index contributed by atoms with van der Waals surface area (Å²) in [6, 6.07) is 19.8. The number of para-hydroxylation sites is 1. The van der Waals surface area contributed by atoms with Crippen molar-refractivity contribution in [2.45, 2.75) is 19.0 Å². The largest absolute Gasteiger partial charge is 0.348 e. The first-order valence-corrected chi connectivity index (χ1v) is 9.46. The van der Waals surface area contributed by atoms with Gasteiger partial charge < -0.3 is 5.32 Å². The number of hydrogen-bond acceptors (Lipinski definition) is 4. The SMILES string of the molecule is O=C(/C=C/c1ccnc2ccccc12)NC(Cc1ccccc1)Cn1cncn1. The molecule has 1 N–H and O–H groups in total. The zero-order valence-electron chi connectivity index (χ0n) is 15.8. The standard InChI is InChI=1S/C23H21N5O/c29-23(11-10-19-12-13-25-22-9-5-4-8-21(19)22)27-20(15-28-17-24-16-26-28)14-18-6-2-1-3-7-18/h1-13,16-17,20H,14-15H2,(H,27,29)/b11-10+. The third kappa shape index (κ3) is 4.93. The van der Waals surface area contributed by atoms with Crippen LogP contribution in [0.2, 0.25) is 0 Å². The van der Waals surface area contributed by atoms with E-state index in [0.29, 0.717) is 13.0 Å². The lowest BCUT2D eigenvalue weighted by Crippen LogP contribution is -2.38. The van der Waals surface area contributed by atoms with E-state index in [1.54, 1.807) is 23.3 Å². The molecule has 0 saturated heterocycles. The first kappa shape index (κ1) is 18.6. The van der Waals surface area contributed by atoms with Crippen LogP contribution in [0.15, 0.2) is 85.6 Å². The van der Waals surface area contributed by atoms with E-state index in [9.17, 15) is 4.79 Å². The van der Waals surface area contributed by atoms with Crippen LogP contribution >= 0.6 is 0 Å². The summed E-state index contributed by atoms with van der Waals surface area (Å²) in [5.74, 6) is -0.146. The van der Waals surface area contributed by atoms with Crippen molar-refractivity contribution in [2.75, 3.05) is 0 Å². The van der Waals surface area contributed by atoms with Gasteiger partial charge in [-0.25, -0.2) is 4.98 Å². The molecule has 0 saturated carbocycles. The Hall–Kier alpha value is -3.80. The molecule has 144 valence electrons. The topological polar surface area (TPSA) is 72.7 Å². The van der Waals surface area contributed by atoms with Crippen LogP contribution < -0.4 is 5.32 Å². The Bertz CT molecular complexity index is 1100. The maximum atomic E-state index is 12.6. The van der Waals surface area contributed by atoms with E-state index < -0.39 is 0 Å². The fraction of sp³-hybridized carbons (Fsp3) is 0.130. The average Bonchev–Trinajstić information content (AvgIpc) is 3.26. The van der Waals surface area contributed by atoms with Crippen molar-refractivity contribution in [1.82, 2.24) is 25.1 Å². The number of nitrogens with zero attached hydrogens (tertiary/aromatic N) is 4. The molecule has 0 aliphatic heterocycles. The van der Waals surface area contributed by atoms with Gasteiger partial charge in [0.25, 0.3) is 0 Å². The van der Waals surface area contributed by atoms with Crippen molar-refractivity contribution in [2.24, 2.45) is 0 Å². The molecule has 1 unspecified atom stereocenters. The molecule has 6 nitrogen and oxygen atoms in total. The third-order valence-electron chi connectivity index (χ3n) is 4.64. The highest BCUT2D eigenvalue weighted by atomic mass is 16.1. The second-order valence-corrected chi connectivity index (χ2v) is 6.76. The molecule has 1 amide bonds. The van der Waals surface area contributed by atoms with Crippen molar-refractivity contribution in [3.63, 3.8) is 0 Å². The molecule has 0 aliphatic rings. The summed E-state index contributed by atoms with van der Waals surface area (Å²) in [7, 11) is 0. The lowest BCUT2D eigenvalue weighted by molar-refractivity contribution is -0.117. The first-order valence-electron chi connectivity index (χ1n) is 9.46. The lowest BCUT2D eigenvalue weighted by atomic mass is 10.1. The van der Waals surface area contributed by atoms with Crippen LogP contribution in [0.3, 0.4) is 0 Å². The number of amides is 1. The molecule has 4 aromatic rings. The molecule has 0 aliphatic carbocycles. The van der Waals surface area contributed by atoms with Crippen molar-refractivity contribution in [3.8, 4) is 0 Å². The molecule has 0 fully saturated rings. The zero-order chi connectivity index (χ0) is 19.9. The van der Waals surface area contributed by atoms with Crippen LogP contribution in [0, 0.1) is 0 Å². The highest BCUT2D eigenvalue weighted by Crippen LogP contribution is 2.17. The first-order chi connectivity index (χ1) is 14.3. The minimum Gasteiger partial charge on any atom is -0.348 e. The molecule has 1 atom stereocenters. The number of nitrogens with one attached hydrogen (secondary N) is 1. The predicted octanol–water partition coefficient (Wildman–Crippen LogP) is 3.27. The Morgan fingerprint density at radius 2 is 1.90 bits per heavy atom. The molecule has 0 spiro atoms. The van der Waals surface area contributed by atoms with Gasteiger partial charge in [0.05, 0.1) is 18.1 Å². The van der Waals surface area contributed by atoms with Gasteiger partial charge in [-0.1, -0.05) is 48.5 Å². The molecule has 4 rings (SSSR count). The summed E-state index contributed by atoms with van der Waals surface area (Å²) in [4.78, 5) is 21.0. The Kier molecular flexibility index (Phi) is 5.71. The number of carbonyl (C=O) groups is 1. The lowest BCUT2D eigenvalue weighted by Gasteiger charge is -2.18. The second kappa shape index (κ2) is 8.93. The quantitative estimate of drug-likeness (QED) is 0.497. The van der Waals surface area contributed by atoms with Crippen LogP contribution in [-0.4, -0.2) is 31.7 Å². The Morgan fingerprint density at radius 3 is 2.72 bits per heavy atom. The number of fused-ring (bicyclic) bond motifs is 1. The summed E-state index contributed by atoms with van der Waals surface area (Å²) in [5, 5.41) is 8.27. The minimum atomic E-state index is -0.146. The number of carbonyl (C=O) groups excluding carboxylic acids is 1. The second-order valence-electron chi connectivity index (χ2n) is 6.76. The van der Waals surface area contributed by atoms with Crippen LogP contribution in [0.5, 0.6) is 0 Å². The number of rotatable bonds is 7. The molecule has 0 radical (unpaired) electrons. The van der Waals surface area contributed by atoms with E-state index in [1.165, 1.54) is 6.33 Å². The van der Waals surface area contributed by atoms with Crippen LogP contribution in [0.4, 0.5) is 0 Å². The fourth-order valence-electron chi connectivity index (χ4n) is 3.29. The fourth-order valence-corrected chi connectivity index (χ4v) is 3.29. The molecule has 0 bridgehead atoms. The van der Waals surface area contributed by atoms with Gasteiger partial charge in [0, 0.05) is 17.7 Å². The Balaban J connectivity index is 1.48. The molecule has 29 heavy (non-hydrogen) atoms. The van der Waals surface area contributed by atoms with Crippen molar-refractivity contribution >= 4 is 22.9 Å². The van der Waals surface area contributed by atoms with Crippen LogP contribution in [-0.2, 0) is 17.8 Å². The smallest absolute Gasteiger partial charge is 0.244 e. The summed E-state index contributed by atoms with van der Waals surface area (Å²) in [6.07, 6.45) is 9.01.